The number of carbonyl (C=O) groups excluding carboxylic acids is 1. The summed E-state index contributed by atoms with van der Waals surface area (Å²) in [6, 6.07) is 8.36. The summed E-state index contributed by atoms with van der Waals surface area (Å²) in [5.41, 5.74) is 3.96. The molecule has 2 heteroatoms. The van der Waals surface area contributed by atoms with Crippen LogP contribution in [-0.2, 0) is 4.79 Å². The summed E-state index contributed by atoms with van der Waals surface area (Å²) in [6.45, 7) is 8.63. The Morgan fingerprint density at radius 3 is 2.40 bits per heavy atom. The molecule has 2 rings (SSSR count). The summed E-state index contributed by atoms with van der Waals surface area (Å²) >= 11 is 0. The van der Waals surface area contributed by atoms with Crippen molar-refractivity contribution in [2.24, 2.45) is 4.99 Å². The van der Waals surface area contributed by atoms with E-state index in [1.165, 1.54) is 35.8 Å². The van der Waals surface area contributed by atoms with Crippen LogP contribution in [0.3, 0.4) is 0 Å². The van der Waals surface area contributed by atoms with Crippen LogP contribution in [0.2, 0.25) is 0 Å². The molecule has 1 aliphatic heterocycles. The van der Waals surface area contributed by atoms with Crippen LogP contribution in [0.4, 0.5) is 0 Å². The predicted molar refractivity (Wildman–Crippen MR) is 90.7 cm³/mol. The van der Waals surface area contributed by atoms with Gasteiger partial charge >= 0.3 is 0 Å². The van der Waals surface area contributed by atoms with Gasteiger partial charge in [-0.2, -0.15) is 0 Å². The molecular formula is C18H29NO. The summed E-state index contributed by atoms with van der Waals surface area (Å²) in [7, 11) is 0. The highest BCUT2D eigenvalue weighted by molar-refractivity contribution is 5.94. The van der Waals surface area contributed by atoms with Gasteiger partial charge < -0.3 is 0 Å². The fraction of sp³-hybridized carbons (Fsp3) is 0.444. The molecule has 0 atom stereocenters. The molecule has 0 unspecified atom stereocenters. The van der Waals surface area contributed by atoms with E-state index in [1.807, 2.05) is 0 Å². The monoisotopic (exact) mass is 275 g/mol. The fourth-order valence-corrected chi connectivity index (χ4v) is 1.99. The molecule has 112 valence electrons. The highest BCUT2D eigenvalue weighted by atomic mass is 16.1. The van der Waals surface area contributed by atoms with Crippen molar-refractivity contribution in [3.63, 3.8) is 0 Å². The van der Waals surface area contributed by atoms with Gasteiger partial charge in [-0.15, -0.1) is 0 Å². The summed E-state index contributed by atoms with van der Waals surface area (Å²) in [4.78, 5) is 15.2. The molecule has 0 saturated heterocycles. The minimum absolute atomic E-state index is 0. The van der Waals surface area contributed by atoms with Gasteiger partial charge in [0, 0.05) is 21.5 Å². The molecule has 1 aromatic rings. The number of allylic oxidation sites excluding steroid dienone is 1. The van der Waals surface area contributed by atoms with Gasteiger partial charge in [-0.25, -0.2) is 0 Å². The summed E-state index contributed by atoms with van der Waals surface area (Å²) in [5.74, 6) is 0.128. The lowest BCUT2D eigenvalue weighted by Gasteiger charge is -2.10. The third-order valence-electron chi connectivity index (χ3n) is 3.52. The second kappa shape index (κ2) is 9.24. The molecule has 20 heavy (non-hydrogen) atoms. The third-order valence-corrected chi connectivity index (χ3v) is 3.52. The van der Waals surface area contributed by atoms with Crippen LogP contribution >= 0.6 is 0 Å². The van der Waals surface area contributed by atoms with Gasteiger partial charge in [0.25, 0.3) is 0 Å². The van der Waals surface area contributed by atoms with Gasteiger partial charge in [-0.05, 0) is 56.7 Å². The smallest absolute Gasteiger partial charge is 0.155 e. The highest BCUT2D eigenvalue weighted by Gasteiger charge is 2.06. The molecule has 2 nitrogen and oxygen atoms in total. The first-order valence-corrected chi connectivity index (χ1v) is 7.33. The van der Waals surface area contributed by atoms with Crippen LogP contribution in [0, 0.1) is 13.8 Å². The number of hydrogen-bond acceptors (Lipinski definition) is 2. The maximum absolute atomic E-state index is 10.9. The third kappa shape index (κ3) is 6.46. The van der Waals surface area contributed by atoms with E-state index in [9.17, 15) is 4.79 Å². The van der Waals surface area contributed by atoms with Crippen molar-refractivity contribution < 1.29 is 7.65 Å². The predicted octanol–water partition coefficient (Wildman–Crippen LogP) is 4.94. The first-order valence-electron chi connectivity index (χ1n) is 7.33. The van der Waals surface area contributed by atoms with Crippen molar-refractivity contribution in [2.75, 3.05) is 6.54 Å². The van der Waals surface area contributed by atoms with Crippen LogP contribution in [-0.4, -0.2) is 18.0 Å². The summed E-state index contributed by atoms with van der Waals surface area (Å²) in [6.07, 6.45) is 6.35. The van der Waals surface area contributed by atoms with Gasteiger partial charge in [-0.1, -0.05) is 30.8 Å². The molecule has 1 aromatic carbocycles. The number of rotatable bonds is 4. The molecule has 1 heterocycles. The Morgan fingerprint density at radius 1 is 1.30 bits per heavy atom. The van der Waals surface area contributed by atoms with E-state index in [4.69, 9.17) is 0 Å². The maximum atomic E-state index is 10.9. The van der Waals surface area contributed by atoms with E-state index in [1.54, 1.807) is 0 Å². The van der Waals surface area contributed by atoms with Gasteiger partial charge in [0.05, 0.1) is 0 Å². The van der Waals surface area contributed by atoms with Crippen molar-refractivity contribution in [3.8, 4) is 0 Å². The normalized spacial score (nSPS) is 13.8. The van der Waals surface area contributed by atoms with E-state index < -0.39 is 0 Å². The summed E-state index contributed by atoms with van der Waals surface area (Å²) < 4.78 is 0. The van der Waals surface area contributed by atoms with Gasteiger partial charge in [0.1, 0.15) is 0 Å². The molecule has 0 aliphatic carbocycles. The van der Waals surface area contributed by atoms with Crippen molar-refractivity contribution >= 4 is 11.5 Å². The number of carbonyl (C=O) groups is 1. The number of hydrogen-bond donors (Lipinski definition) is 0. The Labute approximate surface area is 125 Å². The van der Waals surface area contributed by atoms with E-state index in [0.29, 0.717) is 6.42 Å². The zero-order valence-electron chi connectivity index (χ0n) is 12.7. The van der Waals surface area contributed by atoms with Gasteiger partial charge in [0.15, 0.2) is 5.78 Å². The second-order valence-corrected chi connectivity index (χ2v) is 5.16. The molecule has 0 saturated carbocycles. The molecule has 0 fully saturated rings. The number of benzene rings is 1. The molecule has 0 bridgehead atoms. The zero-order valence-corrected chi connectivity index (χ0v) is 12.7. The lowest BCUT2D eigenvalue weighted by molar-refractivity contribution is -0.114. The highest BCUT2D eigenvalue weighted by Crippen LogP contribution is 2.10. The van der Waals surface area contributed by atoms with Crippen LogP contribution in [0.15, 0.2) is 41.9 Å². The van der Waals surface area contributed by atoms with Crippen LogP contribution in [0.25, 0.3) is 0 Å². The van der Waals surface area contributed by atoms with Crippen molar-refractivity contribution in [2.45, 2.75) is 46.0 Å². The number of aryl methyl sites for hydroxylation is 2. The molecule has 0 amide bonds. The zero-order chi connectivity index (χ0) is 14.8. The molecule has 0 radical (unpaired) electrons. The molecule has 0 N–H and O–H groups in total. The molecule has 0 aromatic heterocycles. The topological polar surface area (TPSA) is 29.4 Å². The number of nitrogens with zero attached hydrogens (tertiary/aromatic N) is 1. The average Bonchev–Trinajstić information content (AvgIpc) is 2.49. The molecular weight excluding hydrogens is 246 g/mol. The van der Waals surface area contributed by atoms with Gasteiger partial charge in [-0.3, -0.25) is 9.79 Å². The molecule has 1 aliphatic rings. The van der Waals surface area contributed by atoms with Gasteiger partial charge in [0.2, 0.25) is 0 Å². The lowest BCUT2D eigenvalue weighted by Crippen LogP contribution is -2.07. The Kier molecular flexibility index (Phi) is 7.56. The maximum Gasteiger partial charge on any atom is 0.155 e. The van der Waals surface area contributed by atoms with Crippen LogP contribution < -0.4 is 0 Å². The second-order valence-electron chi connectivity index (χ2n) is 5.16. The van der Waals surface area contributed by atoms with Crippen LogP contribution in [0.5, 0.6) is 0 Å². The van der Waals surface area contributed by atoms with Crippen LogP contribution in [0.1, 0.15) is 46.1 Å². The average molecular weight is 275 g/mol. The van der Waals surface area contributed by atoms with E-state index in [2.05, 4.69) is 49.7 Å². The Morgan fingerprint density at radius 2 is 1.95 bits per heavy atom. The van der Waals surface area contributed by atoms with E-state index in [-0.39, 0.29) is 8.64 Å². The quantitative estimate of drug-likeness (QED) is 0.715. The minimum atomic E-state index is 0. The summed E-state index contributed by atoms with van der Waals surface area (Å²) in [5, 5.41) is 0. The van der Waals surface area contributed by atoms with E-state index >= 15 is 0 Å². The fourth-order valence-electron chi connectivity index (χ4n) is 1.99. The standard InChI is InChI=1S/C10H15NO.C8H10.2H2/c1-2-10(12)7-6-9-5-3-4-8-11-9;1-7-5-3-4-6-8(7)2;;/h2H,1,3-8H2;3-6H,1-2H3;2*1H. The number of aliphatic imine (C=N–C) groups is 1. The lowest BCUT2D eigenvalue weighted by atomic mass is 10.0. The largest absolute Gasteiger partial charge is 0.295 e. The first-order chi connectivity index (χ1) is 9.63. The van der Waals surface area contributed by atoms with Crippen molar-refractivity contribution in [1.29, 1.82) is 0 Å². The Hall–Kier alpha value is -1.70. The van der Waals surface area contributed by atoms with Crippen molar-refractivity contribution in [3.05, 3.63) is 48.0 Å². The minimum Gasteiger partial charge on any atom is -0.295 e. The van der Waals surface area contributed by atoms with Crippen molar-refractivity contribution in [1.82, 2.24) is 0 Å². The first kappa shape index (κ1) is 16.4. The van der Waals surface area contributed by atoms with E-state index in [0.717, 1.165) is 19.4 Å². The number of ketones is 1. The molecule has 0 spiro atoms. The Bertz CT molecular complexity index is 463. The SMILES string of the molecule is C=CC(=O)CCC1=NCCCC1.Cc1ccccc1C.[HH].[HH]. The Balaban J connectivity index is 0.